The molecule has 0 saturated carbocycles. The average Bonchev–Trinajstić information content (AvgIpc) is 2.92. The summed E-state index contributed by atoms with van der Waals surface area (Å²) in [5.41, 5.74) is 2.19. The van der Waals surface area contributed by atoms with Crippen LogP contribution in [0.3, 0.4) is 0 Å². The number of aryl methyl sites for hydroxylation is 1. The van der Waals surface area contributed by atoms with Crippen molar-refractivity contribution in [3.05, 3.63) is 53.1 Å². The van der Waals surface area contributed by atoms with Crippen LogP contribution in [0.1, 0.15) is 38.7 Å². The van der Waals surface area contributed by atoms with E-state index in [-0.39, 0.29) is 30.5 Å². The number of nitrogens with zero attached hydrogens (tertiary/aromatic N) is 2. The molecule has 0 aliphatic heterocycles. The van der Waals surface area contributed by atoms with Crippen molar-refractivity contribution in [3.8, 4) is 0 Å². The minimum Gasteiger partial charge on any atom is -0.469 e. The van der Waals surface area contributed by atoms with E-state index in [4.69, 9.17) is 4.74 Å². The van der Waals surface area contributed by atoms with Crippen LogP contribution in [-0.2, 0) is 20.8 Å². The van der Waals surface area contributed by atoms with E-state index in [1.165, 1.54) is 19.4 Å². The summed E-state index contributed by atoms with van der Waals surface area (Å²) < 4.78 is 11.5. The molecule has 0 aliphatic carbocycles. The number of Topliss-reactive ketones (excluding diaryl/α,β-unsaturated/α-hetero) is 1. The van der Waals surface area contributed by atoms with E-state index < -0.39 is 5.97 Å². The number of rotatable bonds is 7. The van der Waals surface area contributed by atoms with Crippen LogP contribution in [0.2, 0.25) is 0 Å². The highest BCUT2D eigenvalue weighted by molar-refractivity contribution is 6.00. The number of pyridine rings is 1. The highest BCUT2D eigenvalue weighted by atomic mass is 16.5. The molecule has 2 heterocycles. The Labute approximate surface area is 145 Å². The Morgan fingerprint density at radius 2 is 1.96 bits per heavy atom. The number of esters is 2. The average molecular weight is 344 g/mol. The van der Waals surface area contributed by atoms with Crippen molar-refractivity contribution in [2.24, 2.45) is 0 Å². The van der Waals surface area contributed by atoms with Crippen LogP contribution in [0.15, 0.2) is 30.5 Å². The molecule has 2 rings (SSSR count). The molecule has 0 N–H and O–H groups in total. The molecule has 2 aromatic rings. The zero-order valence-electron chi connectivity index (χ0n) is 14.4. The summed E-state index contributed by atoms with van der Waals surface area (Å²) in [4.78, 5) is 39.4. The van der Waals surface area contributed by atoms with Crippen molar-refractivity contribution in [3.63, 3.8) is 0 Å². The number of methoxy groups -OCH3 is 1. The molecule has 0 saturated heterocycles. The second-order valence-electron chi connectivity index (χ2n) is 5.48. The Balaban J connectivity index is 2.02. The first kappa shape index (κ1) is 18.4. The summed E-state index contributed by atoms with van der Waals surface area (Å²) in [5, 5.41) is 0. The summed E-state index contributed by atoms with van der Waals surface area (Å²) in [6.45, 7) is 3.70. The Kier molecular flexibility index (Phi) is 6.05. The fourth-order valence-electron chi connectivity index (χ4n) is 2.50. The van der Waals surface area contributed by atoms with Crippen molar-refractivity contribution < 1.29 is 23.9 Å². The summed E-state index contributed by atoms with van der Waals surface area (Å²) in [5.74, 6) is -1.26. The molecule has 0 aromatic carbocycles. The Bertz CT molecular complexity index is 780. The standard InChI is InChI=1S/C18H20N2O5/c1-12-10-14(13(2)20(12)9-7-17(22)24-3)16(21)11-25-18(23)15-6-4-5-8-19-15/h4-6,8,10H,7,9,11H2,1-3H3. The largest absolute Gasteiger partial charge is 0.469 e. The van der Waals surface area contributed by atoms with Gasteiger partial charge in [0.15, 0.2) is 6.61 Å². The van der Waals surface area contributed by atoms with Gasteiger partial charge in [0.1, 0.15) is 5.69 Å². The van der Waals surface area contributed by atoms with Gasteiger partial charge in [0.05, 0.1) is 13.5 Å². The molecule has 0 spiro atoms. The van der Waals surface area contributed by atoms with Crippen molar-refractivity contribution in [1.82, 2.24) is 9.55 Å². The van der Waals surface area contributed by atoms with Gasteiger partial charge in [-0.2, -0.15) is 0 Å². The molecule has 0 fully saturated rings. The quantitative estimate of drug-likeness (QED) is 0.565. The van der Waals surface area contributed by atoms with Crippen LogP contribution in [0.25, 0.3) is 0 Å². The highest BCUT2D eigenvalue weighted by Crippen LogP contribution is 2.17. The van der Waals surface area contributed by atoms with Gasteiger partial charge in [0, 0.05) is 29.7 Å². The summed E-state index contributed by atoms with van der Waals surface area (Å²) >= 11 is 0. The van der Waals surface area contributed by atoms with Crippen LogP contribution in [0, 0.1) is 13.8 Å². The number of carbonyl (C=O) groups is 3. The lowest BCUT2D eigenvalue weighted by atomic mass is 10.1. The van der Waals surface area contributed by atoms with Crippen molar-refractivity contribution in [1.29, 1.82) is 0 Å². The number of carbonyl (C=O) groups excluding carboxylic acids is 3. The number of hydrogen-bond donors (Lipinski definition) is 0. The number of ether oxygens (including phenoxy) is 2. The zero-order chi connectivity index (χ0) is 18.4. The SMILES string of the molecule is COC(=O)CCn1c(C)cc(C(=O)COC(=O)c2ccccn2)c1C. The lowest BCUT2D eigenvalue weighted by Crippen LogP contribution is -2.16. The number of ketones is 1. The lowest BCUT2D eigenvalue weighted by Gasteiger charge is -2.09. The molecular formula is C18H20N2O5. The molecule has 2 aromatic heterocycles. The molecule has 7 nitrogen and oxygen atoms in total. The lowest BCUT2D eigenvalue weighted by molar-refractivity contribution is -0.140. The predicted octanol–water partition coefficient (Wildman–Crippen LogP) is 2.10. The van der Waals surface area contributed by atoms with Gasteiger partial charge in [-0.25, -0.2) is 9.78 Å². The first-order valence-electron chi connectivity index (χ1n) is 7.79. The van der Waals surface area contributed by atoms with Gasteiger partial charge < -0.3 is 14.0 Å². The van der Waals surface area contributed by atoms with E-state index in [0.29, 0.717) is 12.1 Å². The molecule has 7 heteroatoms. The van der Waals surface area contributed by atoms with Gasteiger partial charge in [0.25, 0.3) is 0 Å². The molecule has 0 bridgehead atoms. The van der Waals surface area contributed by atoms with Crippen LogP contribution < -0.4 is 0 Å². The van der Waals surface area contributed by atoms with Crippen LogP contribution in [0.5, 0.6) is 0 Å². The maximum atomic E-state index is 12.4. The van der Waals surface area contributed by atoms with E-state index in [9.17, 15) is 14.4 Å². The van der Waals surface area contributed by atoms with Crippen LogP contribution in [-0.4, -0.2) is 41.0 Å². The second-order valence-corrected chi connectivity index (χ2v) is 5.48. The molecule has 0 amide bonds. The van der Waals surface area contributed by atoms with E-state index in [2.05, 4.69) is 9.72 Å². The third-order valence-electron chi connectivity index (χ3n) is 3.85. The van der Waals surface area contributed by atoms with Gasteiger partial charge >= 0.3 is 11.9 Å². The topological polar surface area (TPSA) is 87.5 Å². The van der Waals surface area contributed by atoms with Gasteiger partial charge in [-0.05, 0) is 32.0 Å². The number of aromatic nitrogens is 2. The Morgan fingerprint density at radius 1 is 1.20 bits per heavy atom. The van der Waals surface area contributed by atoms with E-state index in [1.54, 1.807) is 25.1 Å². The molecule has 0 unspecified atom stereocenters. The smallest absolute Gasteiger partial charge is 0.357 e. The predicted molar refractivity (Wildman–Crippen MR) is 89.4 cm³/mol. The third kappa shape index (κ3) is 4.53. The second kappa shape index (κ2) is 8.23. The highest BCUT2D eigenvalue weighted by Gasteiger charge is 2.18. The van der Waals surface area contributed by atoms with Crippen molar-refractivity contribution in [2.45, 2.75) is 26.8 Å². The van der Waals surface area contributed by atoms with Crippen molar-refractivity contribution >= 4 is 17.7 Å². The van der Waals surface area contributed by atoms with Crippen molar-refractivity contribution in [2.75, 3.05) is 13.7 Å². The van der Waals surface area contributed by atoms with Gasteiger partial charge in [-0.3, -0.25) is 9.59 Å². The summed E-state index contributed by atoms with van der Waals surface area (Å²) in [6.07, 6.45) is 1.70. The molecule has 0 aliphatic rings. The minimum atomic E-state index is -0.645. The molecule has 0 atom stereocenters. The van der Waals surface area contributed by atoms with Crippen LogP contribution in [0.4, 0.5) is 0 Å². The molecular weight excluding hydrogens is 324 g/mol. The van der Waals surface area contributed by atoms with E-state index >= 15 is 0 Å². The molecule has 0 radical (unpaired) electrons. The maximum Gasteiger partial charge on any atom is 0.357 e. The zero-order valence-corrected chi connectivity index (χ0v) is 14.4. The normalized spacial score (nSPS) is 10.4. The molecule has 132 valence electrons. The minimum absolute atomic E-state index is 0.152. The first-order chi connectivity index (χ1) is 11.9. The fourth-order valence-corrected chi connectivity index (χ4v) is 2.50. The van der Waals surface area contributed by atoms with E-state index in [1.807, 2.05) is 11.5 Å². The summed E-state index contributed by atoms with van der Waals surface area (Å²) in [6, 6.07) is 6.60. The Hall–Kier alpha value is -2.96. The number of hydrogen-bond acceptors (Lipinski definition) is 6. The maximum absolute atomic E-state index is 12.4. The van der Waals surface area contributed by atoms with Gasteiger partial charge in [0.2, 0.25) is 5.78 Å². The van der Waals surface area contributed by atoms with Crippen LogP contribution >= 0.6 is 0 Å². The fraction of sp³-hybridized carbons (Fsp3) is 0.333. The third-order valence-corrected chi connectivity index (χ3v) is 3.85. The van der Waals surface area contributed by atoms with Gasteiger partial charge in [-0.15, -0.1) is 0 Å². The van der Waals surface area contributed by atoms with Gasteiger partial charge in [-0.1, -0.05) is 6.07 Å². The molecule has 25 heavy (non-hydrogen) atoms. The monoisotopic (exact) mass is 344 g/mol. The Morgan fingerprint density at radius 3 is 2.60 bits per heavy atom. The summed E-state index contributed by atoms with van der Waals surface area (Å²) in [7, 11) is 1.34. The van der Waals surface area contributed by atoms with E-state index in [0.717, 1.165) is 11.4 Å². The first-order valence-corrected chi connectivity index (χ1v) is 7.79.